The number of pyridine rings is 1. The molecule has 1 atom stereocenters. The fourth-order valence-corrected chi connectivity index (χ4v) is 2.83. The second kappa shape index (κ2) is 8.50. The minimum Gasteiger partial charge on any atom is -0.468 e. The summed E-state index contributed by atoms with van der Waals surface area (Å²) < 4.78 is 5.72. The number of esters is 1. The van der Waals surface area contributed by atoms with E-state index in [4.69, 9.17) is 4.74 Å². The third-order valence-electron chi connectivity index (χ3n) is 2.24. The minimum atomic E-state index is -0.297. The van der Waals surface area contributed by atoms with Crippen molar-refractivity contribution < 1.29 is 9.53 Å². The van der Waals surface area contributed by atoms with Crippen LogP contribution in [0.4, 0.5) is 0 Å². The molecule has 1 aromatic rings. The summed E-state index contributed by atoms with van der Waals surface area (Å²) in [5.41, 5.74) is 0. The number of nitrogens with one attached hydrogen (secondary N) is 1. The van der Waals surface area contributed by atoms with Crippen molar-refractivity contribution in [2.75, 3.05) is 19.4 Å². The third kappa shape index (κ3) is 4.96. The van der Waals surface area contributed by atoms with E-state index in [0.29, 0.717) is 5.75 Å². The maximum absolute atomic E-state index is 11.6. The van der Waals surface area contributed by atoms with E-state index < -0.39 is 0 Å². The lowest BCUT2D eigenvalue weighted by Gasteiger charge is -2.15. The molecule has 1 aromatic heterocycles. The van der Waals surface area contributed by atoms with E-state index in [1.807, 2.05) is 12.1 Å². The molecule has 0 aliphatic rings. The van der Waals surface area contributed by atoms with Crippen LogP contribution in [0.3, 0.4) is 0 Å². The van der Waals surface area contributed by atoms with Crippen LogP contribution in [-0.2, 0) is 9.53 Å². The fourth-order valence-electron chi connectivity index (χ4n) is 1.31. The molecule has 0 amide bonds. The molecule has 18 heavy (non-hydrogen) atoms. The number of hydrogen-bond acceptors (Lipinski definition) is 5. The SMILES string of the molecule is CCCNC(CSc1ncccc1Br)C(=O)OC. The van der Waals surface area contributed by atoms with Gasteiger partial charge in [-0.05, 0) is 41.0 Å². The van der Waals surface area contributed by atoms with Crippen molar-refractivity contribution in [1.82, 2.24) is 10.3 Å². The molecule has 1 heterocycles. The predicted molar refractivity (Wildman–Crippen MR) is 76.8 cm³/mol. The molecule has 1 rings (SSSR count). The van der Waals surface area contributed by atoms with Crippen LogP contribution in [0.15, 0.2) is 27.8 Å². The minimum absolute atomic E-state index is 0.233. The molecule has 0 bridgehead atoms. The molecule has 0 aliphatic heterocycles. The van der Waals surface area contributed by atoms with Gasteiger partial charge in [-0.3, -0.25) is 4.79 Å². The van der Waals surface area contributed by atoms with Crippen LogP contribution >= 0.6 is 27.7 Å². The van der Waals surface area contributed by atoms with Crippen LogP contribution in [-0.4, -0.2) is 36.4 Å². The highest BCUT2D eigenvalue weighted by Gasteiger charge is 2.19. The second-order valence-electron chi connectivity index (χ2n) is 3.63. The summed E-state index contributed by atoms with van der Waals surface area (Å²) in [5, 5.41) is 4.05. The van der Waals surface area contributed by atoms with E-state index in [2.05, 4.69) is 33.2 Å². The van der Waals surface area contributed by atoms with Crippen LogP contribution in [0.2, 0.25) is 0 Å². The molecule has 0 saturated heterocycles. The van der Waals surface area contributed by atoms with Crippen molar-refractivity contribution in [3.63, 3.8) is 0 Å². The standard InChI is InChI=1S/C12H17BrN2O2S/c1-3-6-14-10(12(16)17-2)8-18-11-9(13)5-4-7-15-11/h4-5,7,10,14H,3,6,8H2,1-2H3. The van der Waals surface area contributed by atoms with Crippen LogP contribution in [0.1, 0.15) is 13.3 Å². The third-order valence-corrected chi connectivity index (χ3v) is 4.24. The molecule has 0 radical (unpaired) electrons. The Hall–Kier alpha value is -0.590. The first kappa shape index (κ1) is 15.5. The highest BCUT2D eigenvalue weighted by Crippen LogP contribution is 2.25. The number of ether oxygens (including phenoxy) is 1. The van der Waals surface area contributed by atoms with Gasteiger partial charge in [0.05, 0.1) is 7.11 Å². The molecule has 100 valence electrons. The van der Waals surface area contributed by atoms with Crippen molar-refractivity contribution in [3.05, 3.63) is 22.8 Å². The highest BCUT2D eigenvalue weighted by molar-refractivity contribution is 9.10. The van der Waals surface area contributed by atoms with E-state index in [-0.39, 0.29) is 12.0 Å². The maximum atomic E-state index is 11.6. The Morgan fingerprint density at radius 3 is 3.06 bits per heavy atom. The Morgan fingerprint density at radius 1 is 1.67 bits per heavy atom. The Kier molecular flexibility index (Phi) is 7.31. The van der Waals surface area contributed by atoms with Gasteiger partial charge in [-0.1, -0.05) is 6.92 Å². The summed E-state index contributed by atoms with van der Waals surface area (Å²) in [5.74, 6) is 0.366. The average Bonchev–Trinajstić information content (AvgIpc) is 2.40. The van der Waals surface area contributed by atoms with E-state index >= 15 is 0 Å². The predicted octanol–water partition coefficient (Wildman–Crippen LogP) is 2.48. The molecule has 6 heteroatoms. The monoisotopic (exact) mass is 332 g/mol. The van der Waals surface area contributed by atoms with Gasteiger partial charge in [0.2, 0.25) is 0 Å². The summed E-state index contributed by atoms with van der Waals surface area (Å²) >= 11 is 4.96. The fraction of sp³-hybridized carbons (Fsp3) is 0.500. The van der Waals surface area contributed by atoms with Gasteiger partial charge in [-0.15, -0.1) is 11.8 Å². The summed E-state index contributed by atoms with van der Waals surface area (Å²) in [6.45, 7) is 2.85. The van der Waals surface area contributed by atoms with Crippen molar-refractivity contribution in [1.29, 1.82) is 0 Å². The van der Waals surface area contributed by atoms with Crippen LogP contribution in [0.25, 0.3) is 0 Å². The zero-order valence-electron chi connectivity index (χ0n) is 10.5. The van der Waals surface area contributed by atoms with Crippen molar-refractivity contribution in [2.24, 2.45) is 0 Å². The number of thioether (sulfide) groups is 1. The molecule has 0 saturated carbocycles. The molecule has 4 nitrogen and oxygen atoms in total. The Bertz CT molecular complexity index is 390. The molecule has 1 unspecified atom stereocenters. The topological polar surface area (TPSA) is 51.2 Å². The molecule has 0 aromatic carbocycles. The average molecular weight is 333 g/mol. The zero-order chi connectivity index (χ0) is 13.4. The van der Waals surface area contributed by atoms with E-state index in [9.17, 15) is 4.79 Å². The smallest absolute Gasteiger partial charge is 0.323 e. The van der Waals surface area contributed by atoms with Crippen molar-refractivity contribution in [3.8, 4) is 0 Å². The van der Waals surface area contributed by atoms with Gasteiger partial charge in [0.25, 0.3) is 0 Å². The number of carbonyl (C=O) groups excluding carboxylic acids is 1. The Labute approximate surface area is 120 Å². The number of hydrogen-bond donors (Lipinski definition) is 1. The second-order valence-corrected chi connectivity index (χ2v) is 5.49. The number of carbonyl (C=O) groups is 1. The molecular formula is C12H17BrN2O2S. The van der Waals surface area contributed by atoms with Crippen LogP contribution in [0, 0.1) is 0 Å². The number of aromatic nitrogens is 1. The summed E-state index contributed by atoms with van der Waals surface area (Å²) in [4.78, 5) is 15.8. The quantitative estimate of drug-likeness (QED) is 0.614. The zero-order valence-corrected chi connectivity index (χ0v) is 12.9. The van der Waals surface area contributed by atoms with Crippen molar-refractivity contribution >= 4 is 33.7 Å². The summed E-state index contributed by atoms with van der Waals surface area (Å²) in [7, 11) is 1.41. The van der Waals surface area contributed by atoms with Crippen molar-refractivity contribution in [2.45, 2.75) is 24.4 Å². The number of nitrogens with zero attached hydrogens (tertiary/aromatic N) is 1. The van der Waals surface area contributed by atoms with E-state index in [0.717, 1.165) is 22.5 Å². The maximum Gasteiger partial charge on any atom is 0.323 e. The molecule has 0 fully saturated rings. The van der Waals surface area contributed by atoms with E-state index in [1.165, 1.54) is 18.9 Å². The van der Waals surface area contributed by atoms with Gasteiger partial charge in [-0.2, -0.15) is 0 Å². The lowest BCUT2D eigenvalue weighted by Crippen LogP contribution is -2.40. The lowest BCUT2D eigenvalue weighted by molar-refractivity contribution is -0.142. The highest BCUT2D eigenvalue weighted by atomic mass is 79.9. The van der Waals surface area contributed by atoms with Gasteiger partial charge < -0.3 is 10.1 Å². The van der Waals surface area contributed by atoms with Gasteiger partial charge in [0.15, 0.2) is 0 Å². The van der Waals surface area contributed by atoms with Gasteiger partial charge in [-0.25, -0.2) is 4.98 Å². The first-order valence-corrected chi connectivity index (χ1v) is 7.51. The Morgan fingerprint density at radius 2 is 2.44 bits per heavy atom. The molecule has 0 aliphatic carbocycles. The molecular weight excluding hydrogens is 316 g/mol. The molecule has 1 N–H and O–H groups in total. The number of halogens is 1. The normalized spacial score (nSPS) is 12.2. The largest absolute Gasteiger partial charge is 0.468 e. The number of rotatable bonds is 7. The molecule has 0 spiro atoms. The lowest BCUT2D eigenvalue weighted by atomic mass is 10.3. The van der Waals surface area contributed by atoms with Gasteiger partial charge in [0, 0.05) is 16.4 Å². The van der Waals surface area contributed by atoms with Gasteiger partial charge in [0.1, 0.15) is 11.1 Å². The first-order chi connectivity index (χ1) is 8.69. The van der Waals surface area contributed by atoms with Crippen LogP contribution < -0.4 is 5.32 Å². The van der Waals surface area contributed by atoms with Gasteiger partial charge >= 0.3 is 5.97 Å². The van der Waals surface area contributed by atoms with E-state index in [1.54, 1.807) is 6.20 Å². The summed E-state index contributed by atoms with van der Waals surface area (Å²) in [6, 6.07) is 3.50. The Balaban J connectivity index is 2.56. The first-order valence-electron chi connectivity index (χ1n) is 5.73. The summed E-state index contributed by atoms with van der Waals surface area (Å²) in [6.07, 6.45) is 2.71. The number of methoxy groups -OCH3 is 1. The van der Waals surface area contributed by atoms with Crippen LogP contribution in [0.5, 0.6) is 0 Å².